The van der Waals surface area contributed by atoms with E-state index < -0.39 is 23.5 Å². The summed E-state index contributed by atoms with van der Waals surface area (Å²) in [5, 5.41) is 10.9. The van der Waals surface area contributed by atoms with Crippen LogP contribution in [0.15, 0.2) is 82.7 Å². The average Bonchev–Trinajstić information content (AvgIpc) is 3.52. The van der Waals surface area contributed by atoms with Crippen molar-refractivity contribution in [3.8, 4) is 11.5 Å². The minimum atomic E-state index is -0.803. The van der Waals surface area contributed by atoms with E-state index in [1.165, 1.54) is 17.2 Å². The number of Topliss-reactive ketones (excluding diaryl/α,β-unsaturated/α-hetero) is 1. The van der Waals surface area contributed by atoms with Crippen LogP contribution < -0.4 is 9.47 Å². The lowest BCUT2D eigenvalue weighted by Crippen LogP contribution is -2.33. The van der Waals surface area contributed by atoms with Crippen molar-refractivity contribution < 1.29 is 28.6 Å². The van der Waals surface area contributed by atoms with Gasteiger partial charge in [-0.25, -0.2) is 0 Å². The maximum atomic E-state index is 13.4. The number of carbonyl (C=O) groups is 2. The van der Waals surface area contributed by atoms with Crippen LogP contribution >= 0.6 is 0 Å². The standard InChI is InChI=1S/C29H31NO6/c1-3-5-17-35-22-14-13-21(19-24(22)34-4-2)26-25(27(31)23-12-9-18-36-23)28(32)29(33)30(26)16-15-20-10-7-6-8-11-20/h6-14,18-19,26,32H,3-5,15-17H2,1-2H3. The normalized spacial score (nSPS) is 15.4. The highest BCUT2D eigenvalue weighted by Gasteiger charge is 2.44. The van der Waals surface area contributed by atoms with Gasteiger partial charge in [-0.3, -0.25) is 9.59 Å². The van der Waals surface area contributed by atoms with Gasteiger partial charge in [0.2, 0.25) is 5.78 Å². The second-order valence-electron chi connectivity index (χ2n) is 8.55. The van der Waals surface area contributed by atoms with Crippen molar-refractivity contribution in [2.45, 2.75) is 39.2 Å². The van der Waals surface area contributed by atoms with Gasteiger partial charge in [-0.2, -0.15) is 0 Å². The second-order valence-corrected chi connectivity index (χ2v) is 8.55. The number of hydrogen-bond donors (Lipinski definition) is 1. The number of benzene rings is 2. The van der Waals surface area contributed by atoms with Gasteiger partial charge in [0.25, 0.3) is 5.91 Å². The summed E-state index contributed by atoms with van der Waals surface area (Å²) in [7, 11) is 0. The molecule has 0 saturated carbocycles. The molecular weight excluding hydrogens is 458 g/mol. The summed E-state index contributed by atoms with van der Waals surface area (Å²) in [4.78, 5) is 28.1. The highest BCUT2D eigenvalue weighted by molar-refractivity contribution is 6.15. The molecule has 3 aromatic rings. The van der Waals surface area contributed by atoms with Crippen LogP contribution in [0.3, 0.4) is 0 Å². The van der Waals surface area contributed by atoms with E-state index in [4.69, 9.17) is 13.9 Å². The first-order valence-corrected chi connectivity index (χ1v) is 12.3. The molecule has 1 atom stereocenters. The summed E-state index contributed by atoms with van der Waals surface area (Å²) < 4.78 is 17.1. The zero-order valence-corrected chi connectivity index (χ0v) is 20.6. The van der Waals surface area contributed by atoms with Gasteiger partial charge in [-0.1, -0.05) is 49.7 Å². The van der Waals surface area contributed by atoms with Gasteiger partial charge in [0.15, 0.2) is 23.0 Å². The molecule has 2 heterocycles. The smallest absolute Gasteiger partial charge is 0.290 e. The second kappa shape index (κ2) is 11.6. The number of aliphatic hydroxyl groups is 1. The summed E-state index contributed by atoms with van der Waals surface area (Å²) in [5.74, 6) is -0.495. The van der Waals surface area contributed by atoms with Crippen molar-refractivity contribution in [2.75, 3.05) is 19.8 Å². The van der Waals surface area contributed by atoms with Crippen molar-refractivity contribution in [3.63, 3.8) is 0 Å². The Bertz CT molecular complexity index is 1220. The van der Waals surface area contributed by atoms with Crippen LogP contribution in [-0.2, 0) is 11.2 Å². The lowest BCUT2D eigenvalue weighted by Gasteiger charge is -2.27. The van der Waals surface area contributed by atoms with Gasteiger partial charge >= 0.3 is 0 Å². The first-order chi connectivity index (χ1) is 17.5. The van der Waals surface area contributed by atoms with Crippen molar-refractivity contribution in [2.24, 2.45) is 0 Å². The van der Waals surface area contributed by atoms with E-state index in [9.17, 15) is 14.7 Å². The Kier molecular flexibility index (Phi) is 8.10. The molecule has 0 radical (unpaired) electrons. The number of amides is 1. The van der Waals surface area contributed by atoms with Gasteiger partial charge in [-0.05, 0) is 55.2 Å². The van der Waals surface area contributed by atoms with E-state index in [0.29, 0.717) is 43.2 Å². The van der Waals surface area contributed by atoms with Crippen molar-refractivity contribution >= 4 is 11.7 Å². The first-order valence-electron chi connectivity index (χ1n) is 12.3. The lowest BCUT2D eigenvalue weighted by atomic mass is 9.94. The van der Waals surface area contributed by atoms with E-state index >= 15 is 0 Å². The zero-order valence-electron chi connectivity index (χ0n) is 20.6. The number of hydrogen-bond acceptors (Lipinski definition) is 6. The van der Waals surface area contributed by atoms with E-state index in [2.05, 4.69) is 6.92 Å². The molecule has 7 nitrogen and oxygen atoms in total. The van der Waals surface area contributed by atoms with Crippen LogP contribution in [-0.4, -0.2) is 41.5 Å². The summed E-state index contributed by atoms with van der Waals surface area (Å²) in [6, 6.07) is 17.5. The van der Waals surface area contributed by atoms with Crippen molar-refractivity contribution in [1.82, 2.24) is 4.90 Å². The van der Waals surface area contributed by atoms with Crippen LogP contribution in [0.2, 0.25) is 0 Å². The first kappa shape index (κ1) is 25.1. The number of aliphatic hydroxyl groups excluding tert-OH is 1. The largest absolute Gasteiger partial charge is 0.503 e. The Morgan fingerprint density at radius 2 is 1.83 bits per heavy atom. The van der Waals surface area contributed by atoms with Crippen molar-refractivity contribution in [1.29, 1.82) is 0 Å². The molecular formula is C29H31NO6. The average molecular weight is 490 g/mol. The molecule has 1 aliphatic heterocycles. The molecule has 0 aliphatic carbocycles. The molecule has 1 unspecified atom stereocenters. The third-order valence-corrected chi connectivity index (χ3v) is 6.12. The Hall–Kier alpha value is -4.00. The molecule has 1 aliphatic rings. The van der Waals surface area contributed by atoms with Crippen LogP contribution in [0.25, 0.3) is 0 Å². The fraction of sp³-hybridized carbons (Fsp3) is 0.310. The summed E-state index contributed by atoms with van der Waals surface area (Å²) in [5.41, 5.74) is 1.68. The fourth-order valence-corrected chi connectivity index (χ4v) is 4.31. The van der Waals surface area contributed by atoms with Gasteiger partial charge in [0.05, 0.1) is 31.1 Å². The van der Waals surface area contributed by atoms with Crippen LogP contribution in [0.4, 0.5) is 0 Å². The molecule has 0 spiro atoms. The number of furan rings is 1. The van der Waals surface area contributed by atoms with Gasteiger partial charge < -0.3 is 23.9 Å². The van der Waals surface area contributed by atoms with Gasteiger partial charge in [0, 0.05) is 6.54 Å². The van der Waals surface area contributed by atoms with E-state index in [1.807, 2.05) is 43.3 Å². The SMILES string of the molecule is CCCCOc1ccc(C2C(C(=O)c3ccco3)=C(O)C(=O)N2CCc2ccccc2)cc1OCC. The minimum Gasteiger partial charge on any atom is -0.503 e. The molecule has 188 valence electrons. The van der Waals surface area contributed by atoms with E-state index in [-0.39, 0.29) is 11.3 Å². The van der Waals surface area contributed by atoms with Gasteiger partial charge in [-0.15, -0.1) is 0 Å². The Morgan fingerprint density at radius 3 is 2.53 bits per heavy atom. The lowest BCUT2D eigenvalue weighted by molar-refractivity contribution is -0.129. The predicted octanol–water partition coefficient (Wildman–Crippen LogP) is 5.68. The molecule has 7 heteroatoms. The van der Waals surface area contributed by atoms with Crippen LogP contribution in [0, 0.1) is 0 Å². The molecule has 2 aromatic carbocycles. The summed E-state index contributed by atoms with van der Waals surface area (Å²) in [6.07, 6.45) is 3.87. The minimum absolute atomic E-state index is 0.00916. The molecule has 4 rings (SSSR count). The molecule has 1 aromatic heterocycles. The fourth-order valence-electron chi connectivity index (χ4n) is 4.31. The number of nitrogens with zero attached hydrogens (tertiary/aromatic N) is 1. The molecule has 36 heavy (non-hydrogen) atoms. The third kappa shape index (κ3) is 5.30. The molecule has 0 fully saturated rings. The van der Waals surface area contributed by atoms with Gasteiger partial charge in [0.1, 0.15) is 0 Å². The number of unbranched alkanes of at least 4 members (excludes halogenated alkanes) is 1. The Labute approximate surface area is 210 Å². The van der Waals surface area contributed by atoms with E-state index in [0.717, 1.165) is 18.4 Å². The zero-order chi connectivity index (χ0) is 25.5. The summed E-state index contributed by atoms with van der Waals surface area (Å²) >= 11 is 0. The molecule has 1 amide bonds. The van der Waals surface area contributed by atoms with Crippen molar-refractivity contribution in [3.05, 3.63) is 95.1 Å². The Balaban J connectivity index is 1.72. The topological polar surface area (TPSA) is 89.2 Å². The number of carbonyl (C=O) groups excluding carboxylic acids is 2. The maximum Gasteiger partial charge on any atom is 0.290 e. The van der Waals surface area contributed by atoms with Crippen LogP contribution in [0.5, 0.6) is 11.5 Å². The summed E-state index contributed by atoms with van der Waals surface area (Å²) in [6.45, 7) is 5.27. The molecule has 1 N–H and O–H groups in total. The van der Waals surface area contributed by atoms with E-state index in [1.54, 1.807) is 18.2 Å². The quantitative estimate of drug-likeness (QED) is 0.260. The highest BCUT2D eigenvalue weighted by Crippen LogP contribution is 2.42. The number of ether oxygens (including phenoxy) is 2. The third-order valence-electron chi connectivity index (χ3n) is 6.12. The number of rotatable bonds is 12. The van der Waals surface area contributed by atoms with Crippen LogP contribution in [0.1, 0.15) is 54.4 Å². The molecule has 0 saturated heterocycles. The highest BCUT2D eigenvalue weighted by atomic mass is 16.5. The maximum absolute atomic E-state index is 13.4. The molecule has 0 bridgehead atoms. The monoisotopic (exact) mass is 489 g/mol. The number of ketones is 1. The Morgan fingerprint density at radius 1 is 1.03 bits per heavy atom. The predicted molar refractivity (Wildman–Crippen MR) is 135 cm³/mol.